The van der Waals surface area contributed by atoms with Crippen molar-refractivity contribution in [3.05, 3.63) is 0 Å². The Balaban J connectivity index is 5.20. The lowest BCUT2D eigenvalue weighted by atomic mass is 9.99. The highest BCUT2D eigenvalue weighted by molar-refractivity contribution is 7.47. The summed E-state index contributed by atoms with van der Waals surface area (Å²) < 4.78 is 68.7. The Bertz CT molecular complexity index is 1940. The molecule has 0 rings (SSSR count). The Hall–Kier alpha value is -1.94. The van der Waals surface area contributed by atoms with Crippen LogP contribution >= 0.6 is 15.6 Å². The molecule has 0 saturated carbocycles. The van der Waals surface area contributed by atoms with Crippen LogP contribution in [0.1, 0.15) is 409 Å². The highest BCUT2D eigenvalue weighted by Crippen LogP contribution is 2.45. The normalized spacial score (nSPS) is 14.6. The summed E-state index contributed by atoms with van der Waals surface area (Å²) in [5, 5.41) is 10.6. The van der Waals surface area contributed by atoms with Gasteiger partial charge in [-0.2, -0.15) is 0 Å². The molecule has 0 aliphatic heterocycles. The van der Waals surface area contributed by atoms with Gasteiger partial charge in [0.15, 0.2) is 12.2 Å². The first-order chi connectivity index (χ1) is 47.7. The number of ether oxygens (including phenoxy) is 4. The van der Waals surface area contributed by atoms with Crippen LogP contribution in [0.15, 0.2) is 0 Å². The molecule has 588 valence electrons. The van der Waals surface area contributed by atoms with Crippen molar-refractivity contribution in [2.24, 2.45) is 23.7 Å². The van der Waals surface area contributed by atoms with Gasteiger partial charge in [0, 0.05) is 25.7 Å². The van der Waals surface area contributed by atoms with Gasteiger partial charge in [0.1, 0.15) is 19.3 Å². The number of aliphatic hydroxyl groups is 1. The maximum Gasteiger partial charge on any atom is 0.472 e. The second-order valence-electron chi connectivity index (χ2n) is 30.2. The third kappa shape index (κ3) is 71.5. The number of carbonyl (C=O) groups excluding carboxylic acids is 4. The molecule has 17 nitrogen and oxygen atoms in total. The lowest BCUT2D eigenvalue weighted by Crippen LogP contribution is -2.30. The summed E-state index contributed by atoms with van der Waals surface area (Å²) in [6.07, 6.45) is 55.5. The summed E-state index contributed by atoms with van der Waals surface area (Å²) in [7, 11) is -9.92. The largest absolute Gasteiger partial charge is 0.472 e. The summed E-state index contributed by atoms with van der Waals surface area (Å²) in [4.78, 5) is 73.0. The molecular weight excluding hydrogens is 1290 g/mol. The zero-order chi connectivity index (χ0) is 73.1. The fraction of sp³-hybridized carbons (Fsp3) is 0.950. The number of rotatable bonds is 77. The van der Waals surface area contributed by atoms with Gasteiger partial charge in [-0.05, 0) is 49.4 Å². The van der Waals surface area contributed by atoms with Crippen LogP contribution in [0, 0.1) is 23.7 Å². The van der Waals surface area contributed by atoms with Crippen molar-refractivity contribution in [2.45, 2.75) is 427 Å². The number of unbranched alkanes of at least 4 members (excludes halogenated alkanes) is 41. The van der Waals surface area contributed by atoms with Gasteiger partial charge in [0.25, 0.3) is 0 Å². The third-order valence-corrected chi connectivity index (χ3v) is 21.2. The van der Waals surface area contributed by atoms with Crippen LogP contribution in [0.3, 0.4) is 0 Å². The molecule has 0 aromatic carbocycles. The first-order valence-electron chi connectivity index (χ1n) is 41.3. The molecule has 0 spiro atoms. The van der Waals surface area contributed by atoms with E-state index in [0.29, 0.717) is 31.6 Å². The van der Waals surface area contributed by atoms with Gasteiger partial charge in [0.05, 0.1) is 26.4 Å². The van der Waals surface area contributed by atoms with E-state index in [1.807, 2.05) is 0 Å². The van der Waals surface area contributed by atoms with Crippen LogP contribution in [0.2, 0.25) is 0 Å². The van der Waals surface area contributed by atoms with E-state index in [2.05, 4.69) is 55.4 Å². The zero-order valence-electron chi connectivity index (χ0n) is 65.1. The van der Waals surface area contributed by atoms with E-state index in [-0.39, 0.29) is 25.7 Å². The van der Waals surface area contributed by atoms with Crippen molar-refractivity contribution in [2.75, 3.05) is 39.6 Å². The molecule has 0 aromatic rings. The highest BCUT2D eigenvalue weighted by Gasteiger charge is 2.30. The minimum absolute atomic E-state index is 0.105. The van der Waals surface area contributed by atoms with E-state index in [0.717, 1.165) is 114 Å². The zero-order valence-corrected chi connectivity index (χ0v) is 66.9. The SMILES string of the molecule is CCC(C)CCCCCCCCCCCCCCCCC(=O)OC[C@H](COP(=O)(O)OCC(O)COP(=O)(O)OC[C@@H](COC(=O)CCCCCCCCCC(C)C)OC(=O)CCCCCCCCCCCCCCCCCCC(C)C)OC(=O)CCCCCCCCCCC(C)CC. The second-order valence-corrected chi connectivity index (χ2v) is 33.1. The van der Waals surface area contributed by atoms with Crippen molar-refractivity contribution in [3.8, 4) is 0 Å². The molecule has 0 heterocycles. The first kappa shape index (κ1) is 97.1. The lowest BCUT2D eigenvalue weighted by molar-refractivity contribution is -0.161. The standard InChI is InChI=1S/C80H156O17P2/c1-9-72(7)58-50-42-34-26-22-18-15-16-19-23-27-36-44-52-60-77(82)90-66-75(97-80(85)63-55-47-38-30-29-35-43-51-59-73(8)10-2)68-94-98(86,87)92-64-74(81)65-93-99(88,89)95-69-76(67-91-78(83)61-53-45-39-31-33-41-49-57-71(5)6)96-79(84)62-54-46-37-28-24-20-14-12-11-13-17-21-25-32-40-48-56-70(3)4/h70-76,81H,9-69H2,1-8H3,(H,86,87)(H,88,89)/t72?,73?,74?,75-,76-/m1/s1. The lowest BCUT2D eigenvalue weighted by Gasteiger charge is -2.21. The Morgan fingerprint density at radius 2 is 0.485 bits per heavy atom. The predicted octanol–water partition coefficient (Wildman–Crippen LogP) is 23.6. The fourth-order valence-electron chi connectivity index (χ4n) is 12.2. The van der Waals surface area contributed by atoms with Gasteiger partial charge >= 0.3 is 39.5 Å². The molecule has 3 N–H and O–H groups in total. The quantitative estimate of drug-likeness (QED) is 0.0222. The number of carbonyl (C=O) groups is 4. The Labute approximate surface area is 607 Å². The molecule has 0 aliphatic carbocycles. The minimum atomic E-state index is -4.96. The van der Waals surface area contributed by atoms with Crippen molar-refractivity contribution < 1.29 is 80.2 Å². The van der Waals surface area contributed by atoms with Gasteiger partial charge in [-0.15, -0.1) is 0 Å². The van der Waals surface area contributed by atoms with Crippen molar-refractivity contribution >= 4 is 39.5 Å². The van der Waals surface area contributed by atoms with Crippen LogP contribution in [0.5, 0.6) is 0 Å². The molecule has 99 heavy (non-hydrogen) atoms. The molecule has 19 heteroatoms. The van der Waals surface area contributed by atoms with Crippen molar-refractivity contribution in [3.63, 3.8) is 0 Å². The average Bonchev–Trinajstić information content (AvgIpc) is 1.08. The van der Waals surface area contributed by atoms with E-state index < -0.39 is 97.5 Å². The predicted molar refractivity (Wildman–Crippen MR) is 404 cm³/mol. The molecule has 0 bridgehead atoms. The molecule has 0 aromatic heterocycles. The molecule has 0 radical (unpaired) electrons. The Kier molecular flexibility index (Phi) is 67.8. The molecule has 7 atom stereocenters. The first-order valence-corrected chi connectivity index (χ1v) is 44.3. The summed E-state index contributed by atoms with van der Waals surface area (Å²) in [5.41, 5.74) is 0. The number of phosphoric ester groups is 2. The fourth-order valence-corrected chi connectivity index (χ4v) is 13.8. The van der Waals surface area contributed by atoms with Crippen molar-refractivity contribution in [1.29, 1.82) is 0 Å². The Morgan fingerprint density at radius 1 is 0.283 bits per heavy atom. The third-order valence-electron chi connectivity index (χ3n) is 19.3. The second kappa shape index (κ2) is 69.1. The van der Waals surface area contributed by atoms with E-state index >= 15 is 0 Å². The molecular formula is C80H156O17P2. The van der Waals surface area contributed by atoms with E-state index in [9.17, 15) is 43.2 Å². The molecule has 0 fully saturated rings. The van der Waals surface area contributed by atoms with Gasteiger partial charge in [-0.25, -0.2) is 9.13 Å². The summed E-state index contributed by atoms with van der Waals surface area (Å²) in [6, 6.07) is 0. The van der Waals surface area contributed by atoms with Crippen LogP contribution < -0.4 is 0 Å². The molecule has 0 amide bonds. The summed E-state index contributed by atoms with van der Waals surface area (Å²) in [5.74, 6) is 1.02. The maximum atomic E-state index is 13.1. The van der Waals surface area contributed by atoms with E-state index in [1.54, 1.807) is 0 Å². The van der Waals surface area contributed by atoms with Crippen LogP contribution in [0.4, 0.5) is 0 Å². The smallest absolute Gasteiger partial charge is 0.462 e. The molecule has 0 saturated heterocycles. The topological polar surface area (TPSA) is 237 Å². The van der Waals surface area contributed by atoms with E-state index in [1.165, 1.54) is 205 Å². The molecule has 0 aliphatic rings. The van der Waals surface area contributed by atoms with Gasteiger partial charge < -0.3 is 33.8 Å². The van der Waals surface area contributed by atoms with Crippen molar-refractivity contribution in [1.82, 2.24) is 0 Å². The summed E-state index contributed by atoms with van der Waals surface area (Å²) in [6.45, 7) is 14.3. The number of esters is 4. The van der Waals surface area contributed by atoms with E-state index in [4.69, 9.17) is 37.0 Å². The van der Waals surface area contributed by atoms with Gasteiger partial charge in [0.2, 0.25) is 0 Å². The number of phosphoric acid groups is 2. The monoisotopic (exact) mass is 1450 g/mol. The van der Waals surface area contributed by atoms with Crippen LogP contribution in [-0.2, 0) is 65.4 Å². The number of aliphatic hydroxyl groups excluding tert-OH is 1. The maximum absolute atomic E-state index is 13.1. The number of hydrogen-bond donors (Lipinski definition) is 3. The summed E-state index contributed by atoms with van der Waals surface area (Å²) >= 11 is 0. The average molecular weight is 1450 g/mol. The minimum Gasteiger partial charge on any atom is -0.462 e. The van der Waals surface area contributed by atoms with Gasteiger partial charge in [-0.3, -0.25) is 37.3 Å². The Morgan fingerprint density at radius 3 is 0.717 bits per heavy atom. The number of hydrogen-bond acceptors (Lipinski definition) is 15. The highest BCUT2D eigenvalue weighted by atomic mass is 31.2. The van der Waals surface area contributed by atoms with Gasteiger partial charge in [-0.1, -0.05) is 357 Å². The van der Waals surface area contributed by atoms with Crippen LogP contribution in [0.25, 0.3) is 0 Å². The molecule has 5 unspecified atom stereocenters. The van der Waals surface area contributed by atoms with Crippen LogP contribution in [-0.4, -0.2) is 96.7 Å².